The van der Waals surface area contributed by atoms with Crippen LogP contribution in [-0.4, -0.2) is 54.9 Å². The Morgan fingerprint density at radius 2 is 2.04 bits per heavy atom. The first-order valence-electron chi connectivity index (χ1n) is 8.05. The number of carboxylic acids is 1. The molecule has 1 aromatic rings. The van der Waals surface area contributed by atoms with E-state index in [4.69, 9.17) is 4.74 Å². The molecule has 136 valence electrons. The number of ether oxygens (including phenoxy) is 1. The van der Waals surface area contributed by atoms with Crippen LogP contribution in [0.1, 0.15) is 26.7 Å². The molecule has 0 spiro atoms. The summed E-state index contributed by atoms with van der Waals surface area (Å²) in [4.78, 5) is 24.7. The van der Waals surface area contributed by atoms with Crippen molar-refractivity contribution in [2.45, 2.75) is 43.7 Å². The number of hydrogen-bond donors (Lipinski definition) is 1. The van der Waals surface area contributed by atoms with Crippen molar-refractivity contribution in [2.24, 2.45) is 0 Å². The van der Waals surface area contributed by atoms with Gasteiger partial charge in [0.25, 0.3) is 0 Å². The highest BCUT2D eigenvalue weighted by atomic mass is 32.2. The van der Waals surface area contributed by atoms with Crippen molar-refractivity contribution in [1.29, 1.82) is 0 Å². The second-order valence-corrected chi connectivity index (χ2v) is 8.19. The monoisotopic (exact) mass is 368 g/mol. The molecule has 9 heteroatoms. The highest BCUT2D eigenvalue weighted by Gasteiger charge is 2.40. The molecule has 1 fully saturated rings. The van der Waals surface area contributed by atoms with Crippen LogP contribution in [0.25, 0.3) is 0 Å². The van der Waals surface area contributed by atoms with E-state index >= 15 is 0 Å². The lowest BCUT2D eigenvalue weighted by molar-refractivity contribution is -0.140. The first-order valence-corrected chi connectivity index (χ1v) is 9.49. The average Bonchev–Trinajstić information content (AvgIpc) is 3.04. The summed E-state index contributed by atoms with van der Waals surface area (Å²) >= 11 is 0. The molecule has 2 unspecified atom stereocenters. The lowest BCUT2D eigenvalue weighted by Gasteiger charge is -2.33. The summed E-state index contributed by atoms with van der Waals surface area (Å²) < 4.78 is 32.5. The number of rotatable bonds is 3. The molecule has 0 saturated carbocycles. The Balaban J connectivity index is 2.03. The molecule has 1 N–H and O–H groups in total. The van der Waals surface area contributed by atoms with Crippen LogP contribution in [0.5, 0.6) is 5.75 Å². The quantitative estimate of drug-likeness (QED) is 0.855. The van der Waals surface area contributed by atoms with Crippen LogP contribution >= 0.6 is 0 Å². The van der Waals surface area contributed by atoms with Crippen LogP contribution in [0.2, 0.25) is 0 Å². The van der Waals surface area contributed by atoms with Gasteiger partial charge in [0.15, 0.2) is 0 Å². The number of amides is 1. The standard InChI is InChI=1S/C16H20N2O6S/c1-10-9-17(11(2)19)14-8-12(5-6-15(14)24-10)25(22,23)18-7-3-4-13(18)16(20)21/h5-6,8,10,13H,3-4,7,9H2,1-2H3,(H,20,21). The fourth-order valence-electron chi connectivity index (χ4n) is 3.29. The van der Waals surface area contributed by atoms with E-state index in [-0.39, 0.29) is 23.5 Å². The summed E-state index contributed by atoms with van der Waals surface area (Å²) in [5, 5.41) is 9.25. The molecule has 1 amide bonds. The van der Waals surface area contributed by atoms with E-state index in [0.29, 0.717) is 30.8 Å². The van der Waals surface area contributed by atoms with Gasteiger partial charge in [0.1, 0.15) is 17.9 Å². The average molecular weight is 368 g/mol. The summed E-state index contributed by atoms with van der Waals surface area (Å²) in [7, 11) is -3.97. The second-order valence-electron chi connectivity index (χ2n) is 6.30. The van der Waals surface area contributed by atoms with Gasteiger partial charge in [-0.1, -0.05) is 0 Å². The number of carbonyl (C=O) groups is 2. The van der Waals surface area contributed by atoms with Crippen LogP contribution in [0.4, 0.5) is 5.69 Å². The molecule has 2 aliphatic heterocycles. The molecule has 2 atom stereocenters. The van der Waals surface area contributed by atoms with E-state index in [1.54, 1.807) is 0 Å². The number of carboxylic acid groups (broad SMARTS) is 1. The Morgan fingerprint density at radius 3 is 2.68 bits per heavy atom. The molecule has 1 saturated heterocycles. The maximum atomic E-state index is 12.9. The van der Waals surface area contributed by atoms with Gasteiger partial charge in [-0.05, 0) is 38.0 Å². The minimum atomic E-state index is -3.97. The molecule has 3 rings (SSSR count). The van der Waals surface area contributed by atoms with Gasteiger partial charge in [0.05, 0.1) is 17.1 Å². The summed E-state index contributed by atoms with van der Waals surface area (Å²) in [6.07, 6.45) is 0.593. The normalized spacial score (nSPS) is 23.8. The summed E-state index contributed by atoms with van der Waals surface area (Å²) in [6.45, 7) is 3.72. The van der Waals surface area contributed by atoms with Gasteiger partial charge in [0, 0.05) is 13.5 Å². The topological polar surface area (TPSA) is 104 Å². The molecule has 0 radical (unpaired) electrons. The van der Waals surface area contributed by atoms with Crippen molar-refractivity contribution in [3.8, 4) is 5.75 Å². The third kappa shape index (κ3) is 3.09. The Morgan fingerprint density at radius 1 is 1.32 bits per heavy atom. The Labute approximate surface area is 146 Å². The number of hydrogen-bond acceptors (Lipinski definition) is 5. The van der Waals surface area contributed by atoms with Gasteiger partial charge >= 0.3 is 5.97 Å². The zero-order chi connectivity index (χ0) is 18.4. The highest BCUT2D eigenvalue weighted by Crippen LogP contribution is 2.37. The molecular weight excluding hydrogens is 348 g/mol. The molecule has 2 aliphatic rings. The zero-order valence-corrected chi connectivity index (χ0v) is 14.8. The predicted molar refractivity (Wildman–Crippen MR) is 89.1 cm³/mol. The lowest BCUT2D eigenvalue weighted by Crippen LogP contribution is -2.42. The number of nitrogens with zero attached hydrogens (tertiary/aromatic N) is 2. The smallest absolute Gasteiger partial charge is 0.322 e. The van der Waals surface area contributed by atoms with Crippen molar-refractivity contribution >= 4 is 27.6 Å². The number of anilines is 1. The zero-order valence-electron chi connectivity index (χ0n) is 14.0. The third-order valence-corrected chi connectivity index (χ3v) is 6.37. The number of benzene rings is 1. The summed E-state index contributed by atoms with van der Waals surface area (Å²) in [6, 6.07) is 3.23. The molecule has 0 aliphatic carbocycles. The van der Waals surface area contributed by atoms with Crippen molar-refractivity contribution in [2.75, 3.05) is 18.0 Å². The SMILES string of the molecule is CC(=O)N1CC(C)Oc2ccc(S(=O)(=O)N3CCCC3C(=O)O)cc21. The van der Waals surface area contributed by atoms with Gasteiger partial charge in [-0.2, -0.15) is 4.31 Å². The van der Waals surface area contributed by atoms with Crippen molar-refractivity contribution < 1.29 is 27.9 Å². The van der Waals surface area contributed by atoms with E-state index in [9.17, 15) is 23.1 Å². The minimum Gasteiger partial charge on any atom is -0.487 e. The van der Waals surface area contributed by atoms with Crippen LogP contribution in [0, 0.1) is 0 Å². The molecular formula is C16H20N2O6S. The van der Waals surface area contributed by atoms with Crippen LogP contribution in [-0.2, 0) is 19.6 Å². The fraction of sp³-hybridized carbons (Fsp3) is 0.500. The van der Waals surface area contributed by atoms with Crippen LogP contribution in [0.3, 0.4) is 0 Å². The van der Waals surface area contributed by atoms with E-state index < -0.39 is 22.0 Å². The second kappa shape index (κ2) is 6.30. The van der Waals surface area contributed by atoms with Gasteiger partial charge < -0.3 is 14.7 Å². The van der Waals surface area contributed by atoms with Gasteiger partial charge in [-0.25, -0.2) is 8.42 Å². The van der Waals surface area contributed by atoms with Crippen molar-refractivity contribution in [1.82, 2.24) is 4.31 Å². The van der Waals surface area contributed by atoms with Gasteiger partial charge in [-0.15, -0.1) is 0 Å². The van der Waals surface area contributed by atoms with Crippen LogP contribution < -0.4 is 9.64 Å². The van der Waals surface area contributed by atoms with Gasteiger partial charge in [0.2, 0.25) is 15.9 Å². The molecule has 0 aromatic heterocycles. The first-order chi connectivity index (χ1) is 11.7. The number of carbonyl (C=O) groups excluding carboxylic acids is 1. The lowest BCUT2D eigenvalue weighted by atomic mass is 10.2. The number of aliphatic carboxylic acids is 1. The highest BCUT2D eigenvalue weighted by molar-refractivity contribution is 7.89. The largest absolute Gasteiger partial charge is 0.487 e. The predicted octanol–water partition coefficient (Wildman–Crippen LogP) is 1.06. The minimum absolute atomic E-state index is 0.0381. The Kier molecular flexibility index (Phi) is 4.46. The number of fused-ring (bicyclic) bond motifs is 1. The summed E-state index contributed by atoms with van der Waals surface area (Å²) in [5.74, 6) is -0.929. The van der Waals surface area contributed by atoms with Crippen LogP contribution in [0.15, 0.2) is 23.1 Å². The molecule has 1 aromatic carbocycles. The summed E-state index contributed by atoms with van der Waals surface area (Å²) in [5.41, 5.74) is 0.387. The molecule has 2 heterocycles. The molecule has 0 bridgehead atoms. The Bertz CT molecular complexity index is 822. The van der Waals surface area contributed by atoms with E-state index in [0.717, 1.165) is 4.31 Å². The van der Waals surface area contributed by atoms with E-state index in [1.807, 2.05) is 6.92 Å². The number of sulfonamides is 1. The van der Waals surface area contributed by atoms with E-state index in [2.05, 4.69) is 0 Å². The molecule has 8 nitrogen and oxygen atoms in total. The maximum absolute atomic E-state index is 12.9. The van der Waals surface area contributed by atoms with Crippen molar-refractivity contribution in [3.05, 3.63) is 18.2 Å². The fourth-order valence-corrected chi connectivity index (χ4v) is 4.96. The molecule has 25 heavy (non-hydrogen) atoms. The third-order valence-electron chi connectivity index (χ3n) is 4.46. The Hall–Kier alpha value is -2.13. The van der Waals surface area contributed by atoms with Crippen molar-refractivity contribution in [3.63, 3.8) is 0 Å². The van der Waals surface area contributed by atoms with E-state index in [1.165, 1.54) is 30.0 Å². The maximum Gasteiger partial charge on any atom is 0.322 e. The van der Waals surface area contributed by atoms with Gasteiger partial charge in [-0.3, -0.25) is 9.59 Å². The first kappa shape index (κ1) is 17.7.